The van der Waals surface area contributed by atoms with Gasteiger partial charge in [-0.15, -0.1) is 0 Å². The molecule has 2 aliphatic rings. The highest BCUT2D eigenvalue weighted by molar-refractivity contribution is 5.39. The molecule has 6 unspecified atom stereocenters. The topological polar surface area (TPSA) is 133 Å². The van der Waals surface area contributed by atoms with Crippen molar-refractivity contribution in [3.8, 4) is 0 Å². The second kappa shape index (κ2) is 11.8. The lowest BCUT2D eigenvalue weighted by molar-refractivity contribution is -0.234. The highest BCUT2D eigenvalue weighted by Crippen LogP contribution is 2.39. The average Bonchev–Trinajstić information content (AvgIpc) is 2.73. The average molecular weight is 479 g/mol. The van der Waals surface area contributed by atoms with E-state index in [-0.39, 0.29) is 30.1 Å². The Morgan fingerprint density at radius 1 is 0.824 bits per heavy atom. The van der Waals surface area contributed by atoms with Crippen LogP contribution in [0, 0.1) is 35.5 Å². The number of ether oxygens (including phenoxy) is 2. The molecule has 1 aromatic heterocycles. The molecule has 0 spiro atoms. The van der Waals surface area contributed by atoms with Gasteiger partial charge in [-0.3, -0.25) is 4.90 Å². The van der Waals surface area contributed by atoms with Gasteiger partial charge >= 0.3 is 0 Å². The highest BCUT2D eigenvalue weighted by Gasteiger charge is 2.39. The first-order valence-corrected chi connectivity index (χ1v) is 13.0. The molecule has 2 fully saturated rings. The Kier molecular flexibility index (Phi) is 9.34. The lowest BCUT2D eigenvalue weighted by atomic mass is 9.75. The van der Waals surface area contributed by atoms with Crippen LogP contribution < -0.4 is 16.4 Å². The number of nitrogens with zero attached hydrogens (tertiary/aromatic N) is 4. The van der Waals surface area contributed by atoms with Crippen molar-refractivity contribution in [2.24, 2.45) is 35.5 Å². The molecule has 9 nitrogen and oxygen atoms in total. The van der Waals surface area contributed by atoms with Gasteiger partial charge in [0, 0.05) is 0 Å². The molecule has 2 saturated carbocycles. The molecule has 9 heteroatoms. The molecule has 0 saturated heterocycles. The molecule has 34 heavy (non-hydrogen) atoms. The zero-order chi connectivity index (χ0) is 25.0. The van der Waals surface area contributed by atoms with Crippen molar-refractivity contribution in [3.63, 3.8) is 0 Å². The first-order valence-electron chi connectivity index (χ1n) is 13.0. The van der Waals surface area contributed by atoms with E-state index >= 15 is 0 Å². The van der Waals surface area contributed by atoms with Crippen molar-refractivity contribution in [1.82, 2.24) is 15.0 Å². The molecule has 0 bridgehead atoms. The Hall–Kier alpha value is -1.71. The predicted octanol–water partition coefficient (Wildman–Crippen LogP) is 4.03. The third kappa shape index (κ3) is 6.70. The second-order valence-corrected chi connectivity index (χ2v) is 11.3. The molecular formula is C25H46N6O3. The Balaban J connectivity index is 1.94. The molecule has 0 aromatic carbocycles. The molecule has 1 heterocycles. The summed E-state index contributed by atoms with van der Waals surface area (Å²) in [5.74, 6) is 3.12. The van der Waals surface area contributed by atoms with Gasteiger partial charge in [0.05, 0.1) is 12.2 Å². The van der Waals surface area contributed by atoms with Gasteiger partial charge in [-0.25, -0.2) is 0 Å². The number of aliphatic hydroxyl groups is 1. The fraction of sp³-hybridized carbons (Fsp3) is 0.880. The fourth-order valence-electron chi connectivity index (χ4n) is 5.77. The van der Waals surface area contributed by atoms with E-state index in [1.54, 1.807) is 0 Å². The maximum Gasteiger partial charge on any atom is 0.245 e. The van der Waals surface area contributed by atoms with E-state index in [0.717, 1.165) is 25.7 Å². The fourth-order valence-corrected chi connectivity index (χ4v) is 5.77. The van der Waals surface area contributed by atoms with Crippen LogP contribution in [0.25, 0.3) is 0 Å². The van der Waals surface area contributed by atoms with E-state index in [0.29, 0.717) is 35.5 Å². The van der Waals surface area contributed by atoms with Gasteiger partial charge in [-0.1, -0.05) is 54.4 Å². The van der Waals surface area contributed by atoms with Crippen LogP contribution in [-0.4, -0.2) is 45.4 Å². The number of aromatic nitrogens is 3. The minimum Gasteiger partial charge on any atom is -0.376 e. The summed E-state index contributed by atoms with van der Waals surface area (Å²) in [5, 5.41) is 10.4. The molecule has 194 valence electrons. The van der Waals surface area contributed by atoms with Gasteiger partial charge in [0.25, 0.3) is 0 Å². The summed E-state index contributed by atoms with van der Waals surface area (Å²) >= 11 is 0. The number of hydrogen-bond donors (Lipinski definition) is 3. The molecule has 0 radical (unpaired) electrons. The van der Waals surface area contributed by atoms with Crippen molar-refractivity contribution in [2.75, 3.05) is 23.1 Å². The van der Waals surface area contributed by atoms with E-state index in [4.69, 9.17) is 20.9 Å². The van der Waals surface area contributed by atoms with Crippen LogP contribution in [0.4, 0.5) is 17.8 Å². The van der Waals surface area contributed by atoms with Gasteiger partial charge in [0.15, 0.2) is 0 Å². The van der Waals surface area contributed by atoms with Crippen LogP contribution in [0.5, 0.6) is 0 Å². The summed E-state index contributed by atoms with van der Waals surface area (Å²) in [4.78, 5) is 13.9. The van der Waals surface area contributed by atoms with Gasteiger partial charge in [-0.05, 0) is 61.2 Å². The van der Waals surface area contributed by atoms with Gasteiger partial charge in [0.2, 0.25) is 24.3 Å². The molecule has 3 rings (SSSR count). The quantitative estimate of drug-likeness (QED) is 0.450. The van der Waals surface area contributed by atoms with Crippen LogP contribution in [0.3, 0.4) is 0 Å². The van der Waals surface area contributed by atoms with Gasteiger partial charge < -0.3 is 26.0 Å². The van der Waals surface area contributed by atoms with Gasteiger partial charge in [0.1, 0.15) is 6.73 Å². The number of nitrogens with two attached hydrogens (primary N) is 2. The molecule has 0 amide bonds. The predicted molar refractivity (Wildman–Crippen MR) is 134 cm³/mol. The summed E-state index contributed by atoms with van der Waals surface area (Å²) < 4.78 is 13.5. The summed E-state index contributed by atoms with van der Waals surface area (Å²) in [6, 6.07) is 0. The number of rotatable bonds is 9. The Labute approximate surface area is 205 Å². The standard InChI is InChI=1S/C25H46N6O3/c1-14(2)18-9-7-16(5)11-20(18)33-25(31(13-32)24-29-22(26)28-23(27)30-24)34-21-12-17(6)8-10-19(21)15(3)4/h14-21,25,32H,7-13H2,1-6H3,(H4,26,27,28,29,30). The van der Waals surface area contributed by atoms with Crippen molar-refractivity contribution < 1.29 is 14.6 Å². The Morgan fingerprint density at radius 3 is 1.65 bits per heavy atom. The SMILES string of the molecule is CC1CCC(C(C)C)C(OC(OC2CC(C)CCC2C(C)C)N(CO)c2nc(N)nc(N)n2)C1. The Morgan fingerprint density at radius 2 is 1.26 bits per heavy atom. The van der Waals surface area contributed by atoms with E-state index in [1.807, 2.05) is 0 Å². The molecule has 1 aromatic rings. The first-order chi connectivity index (χ1) is 16.1. The van der Waals surface area contributed by atoms with Crippen LogP contribution >= 0.6 is 0 Å². The monoisotopic (exact) mass is 478 g/mol. The summed E-state index contributed by atoms with van der Waals surface area (Å²) in [5.41, 5.74) is 11.7. The molecule has 0 aliphatic heterocycles. The minimum atomic E-state index is -0.848. The maximum atomic E-state index is 10.4. The van der Waals surface area contributed by atoms with Crippen molar-refractivity contribution in [3.05, 3.63) is 0 Å². The molecular weight excluding hydrogens is 432 g/mol. The van der Waals surface area contributed by atoms with E-state index in [1.165, 1.54) is 17.7 Å². The zero-order valence-corrected chi connectivity index (χ0v) is 21.9. The summed E-state index contributed by atoms with van der Waals surface area (Å²) in [7, 11) is 0. The Bertz CT molecular complexity index is 725. The third-order valence-corrected chi connectivity index (χ3v) is 7.83. The highest BCUT2D eigenvalue weighted by atomic mass is 16.7. The lowest BCUT2D eigenvalue weighted by Gasteiger charge is -2.44. The van der Waals surface area contributed by atoms with Crippen LogP contribution in [0.1, 0.15) is 80.1 Å². The smallest absolute Gasteiger partial charge is 0.245 e. The number of anilines is 3. The van der Waals surface area contributed by atoms with Crippen LogP contribution in [0.15, 0.2) is 0 Å². The molecule has 5 N–H and O–H groups in total. The normalized spacial score (nSPS) is 31.1. The van der Waals surface area contributed by atoms with E-state index < -0.39 is 13.1 Å². The molecule has 6 atom stereocenters. The maximum absolute atomic E-state index is 10.4. The van der Waals surface area contributed by atoms with Crippen molar-refractivity contribution in [1.29, 1.82) is 0 Å². The zero-order valence-electron chi connectivity index (χ0n) is 21.9. The van der Waals surface area contributed by atoms with Gasteiger partial charge in [-0.2, -0.15) is 15.0 Å². The number of nitrogen functional groups attached to an aromatic ring is 2. The summed E-state index contributed by atoms with van der Waals surface area (Å²) in [6.07, 6.45) is 5.74. The molecule has 2 aliphatic carbocycles. The lowest BCUT2D eigenvalue weighted by Crippen LogP contribution is -2.50. The van der Waals surface area contributed by atoms with Crippen LogP contribution in [0.2, 0.25) is 0 Å². The first kappa shape index (κ1) is 26.9. The van der Waals surface area contributed by atoms with Crippen LogP contribution in [-0.2, 0) is 9.47 Å². The minimum absolute atomic E-state index is 0.00242. The van der Waals surface area contributed by atoms with Crippen molar-refractivity contribution >= 4 is 17.8 Å². The number of aliphatic hydroxyl groups excluding tert-OH is 1. The van der Waals surface area contributed by atoms with E-state index in [9.17, 15) is 5.11 Å². The van der Waals surface area contributed by atoms with E-state index in [2.05, 4.69) is 56.5 Å². The summed E-state index contributed by atoms with van der Waals surface area (Å²) in [6.45, 7) is 13.2. The largest absolute Gasteiger partial charge is 0.376 e. The second-order valence-electron chi connectivity index (χ2n) is 11.3. The third-order valence-electron chi connectivity index (χ3n) is 7.83. The van der Waals surface area contributed by atoms with Crippen molar-refractivity contribution in [2.45, 2.75) is 98.7 Å². The number of hydrogen-bond acceptors (Lipinski definition) is 9.